The zero-order valence-electron chi connectivity index (χ0n) is 17.0. The van der Waals surface area contributed by atoms with Gasteiger partial charge in [0, 0.05) is 20.1 Å². The highest BCUT2D eigenvalue weighted by Gasteiger charge is 2.40. The highest BCUT2D eigenvalue weighted by molar-refractivity contribution is 5.93. The first kappa shape index (κ1) is 19.7. The van der Waals surface area contributed by atoms with E-state index in [2.05, 4.69) is 16.9 Å². The highest BCUT2D eigenvalue weighted by atomic mass is 19.1. The second-order valence-corrected chi connectivity index (χ2v) is 8.29. The zero-order chi connectivity index (χ0) is 21.9. The molecular formula is C21H23FN4O5. The van der Waals surface area contributed by atoms with Crippen LogP contribution in [0.25, 0.3) is 10.9 Å². The Labute approximate surface area is 177 Å². The van der Waals surface area contributed by atoms with Crippen molar-refractivity contribution >= 4 is 22.7 Å². The van der Waals surface area contributed by atoms with Crippen molar-refractivity contribution in [3.05, 3.63) is 40.5 Å². The molecule has 0 amide bonds. The van der Waals surface area contributed by atoms with E-state index in [0.29, 0.717) is 42.7 Å². The normalized spacial score (nSPS) is 24.3. The lowest BCUT2D eigenvalue weighted by Crippen LogP contribution is -2.39. The average Bonchev–Trinajstić information content (AvgIpc) is 3.16. The molecule has 5 rings (SSSR count). The number of aromatic nitrogens is 1. The van der Waals surface area contributed by atoms with Gasteiger partial charge in [0.1, 0.15) is 11.2 Å². The van der Waals surface area contributed by atoms with E-state index in [9.17, 15) is 9.59 Å². The number of nitrogens with two attached hydrogens (primary N) is 1. The molecule has 1 aromatic heterocycles. The van der Waals surface area contributed by atoms with Crippen LogP contribution in [-0.4, -0.2) is 49.4 Å². The van der Waals surface area contributed by atoms with E-state index in [0.717, 1.165) is 12.5 Å². The van der Waals surface area contributed by atoms with Gasteiger partial charge >= 0.3 is 6.16 Å². The van der Waals surface area contributed by atoms with Crippen molar-refractivity contribution in [2.24, 2.45) is 23.5 Å². The zero-order valence-corrected chi connectivity index (χ0v) is 17.0. The molecule has 0 saturated carbocycles. The smallest absolute Gasteiger partial charge is 0.467 e. The maximum Gasteiger partial charge on any atom is 0.511 e. The highest BCUT2D eigenvalue weighted by Crippen LogP contribution is 2.45. The molecule has 164 valence electrons. The summed E-state index contributed by atoms with van der Waals surface area (Å²) in [6.45, 7) is 1.96. The summed E-state index contributed by atoms with van der Waals surface area (Å²) in [6, 6.07) is 1.14. The third-order valence-electron chi connectivity index (χ3n) is 6.54. The second-order valence-electron chi connectivity index (χ2n) is 8.29. The Hall–Kier alpha value is -3.27. The van der Waals surface area contributed by atoms with Crippen LogP contribution in [0.1, 0.15) is 6.42 Å². The summed E-state index contributed by atoms with van der Waals surface area (Å²) >= 11 is 0. The quantitative estimate of drug-likeness (QED) is 0.559. The number of fused-ring (bicyclic) bond motifs is 1. The molecule has 0 spiro atoms. The summed E-state index contributed by atoms with van der Waals surface area (Å²) < 4.78 is 27.5. The number of anilines is 1. The van der Waals surface area contributed by atoms with E-state index in [1.165, 1.54) is 6.20 Å². The van der Waals surface area contributed by atoms with Gasteiger partial charge < -0.3 is 25.2 Å². The van der Waals surface area contributed by atoms with E-state index in [4.69, 9.17) is 15.6 Å². The summed E-state index contributed by atoms with van der Waals surface area (Å²) in [5, 5.41) is 10.6. The van der Waals surface area contributed by atoms with E-state index in [1.807, 2.05) is 4.90 Å². The first-order valence-corrected chi connectivity index (χ1v) is 10.2. The lowest BCUT2D eigenvalue weighted by molar-refractivity contribution is 0.143. The summed E-state index contributed by atoms with van der Waals surface area (Å²) in [6.07, 6.45) is 4.94. The van der Waals surface area contributed by atoms with Crippen LogP contribution in [0, 0.1) is 23.6 Å². The number of benzene rings is 1. The molecule has 3 atom stereocenters. The van der Waals surface area contributed by atoms with Crippen LogP contribution in [0.3, 0.4) is 0 Å². The molecule has 2 aromatic rings. The Kier molecular flexibility index (Phi) is 4.54. The molecule has 0 radical (unpaired) electrons. The minimum absolute atomic E-state index is 0.00195. The van der Waals surface area contributed by atoms with Crippen LogP contribution in [0.5, 0.6) is 11.5 Å². The first-order valence-electron chi connectivity index (χ1n) is 10.2. The average molecular weight is 430 g/mol. The SMILES string of the molecule is CN1COc2c(N3CC4C=CCC(CN)C4C3)c(F)cc3c(=O)c(OC(=O)O)cn1c23. The van der Waals surface area contributed by atoms with E-state index < -0.39 is 23.2 Å². The van der Waals surface area contributed by atoms with Gasteiger partial charge in [-0.2, -0.15) is 0 Å². The van der Waals surface area contributed by atoms with Crippen molar-refractivity contribution in [3.63, 3.8) is 0 Å². The van der Waals surface area contributed by atoms with Crippen molar-refractivity contribution in [3.8, 4) is 11.5 Å². The van der Waals surface area contributed by atoms with Gasteiger partial charge in [0.05, 0.1) is 11.6 Å². The predicted octanol–water partition coefficient (Wildman–Crippen LogP) is 1.70. The molecule has 2 aliphatic heterocycles. The number of nitrogens with zero attached hydrogens (tertiary/aromatic N) is 3. The minimum atomic E-state index is -1.61. The molecule has 31 heavy (non-hydrogen) atoms. The van der Waals surface area contributed by atoms with E-state index in [1.54, 1.807) is 16.7 Å². The predicted molar refractivity (Wildman–Crippen MR) is 112 cm³/mol. The number of allylic oxidation sites excluding steroid dienone is 1. The number of carboxylic acid groups (broad SMARTS) is 1. The molecule has 1 aromatic carbocycles. The third-order valence-corrected chi connectivity index (χ3v) is 6.54. The molecule has 3 N–H and O–H groups in total. The summed E-state index contributed by atoms with van der Waals surface area (Å²) in [5.41, 5.74) is 5.96. The van der Waals surface area contributed by atoms with Crippen LogP contribution in [0.2, 0.25) is 0 Å². The number of hydrogen-bond acceptors (Lipinski definition) is 7. The van der Waals surface area contributed by atoms with Gasteiger partial charge in [0.2, 0.25) is 11.2 Å². The van der Waals surface area contributed by atoms with E-state index >= 15 is 4.39 Å². The van der Waals surface area contributed by atoms with Gasteiger partial charge in [-0.15, -0.1) is 0 Å². The van der Waals surface area contributed by atoms with Crippen molar-refractivity contribution in [1.29, 1.82) is 0 Å². The Balaban J connectivity index is 1.67. The molecular weight excluding hydrogens is 407 g/mol. The monoisotopic (exact) mass is 430 g/mol. The van der Waals surface area contributed by atoms with Crippen molar-refractivity contribution in [2.75, 3.05) is 43.3 Å². The Bertz CT molecular complexity index is 1160. The van der Waals surface area contributed by atoms with Gasteiger partial charge in [-0.05, 0) is 36.8 Å². The molecule has 3 aliphatic rings. The lowest BCUT2D eigenvalue weighted by atomic mass is 9.78. The fraction of sp³-hybridized carbons (Fsp3) is 0.429. The number of hydrogen-bond donors (Lipinski definition) is 2. The second kappa shape index (κ2) is 7.16. The largest absolute Gasteiger partial charge is 0.511 e. The first-order chi connectivity index (χ1) is 14.9. The summed E-state index contributed by atoms with van der Waals surface area (Å²) in [7, 11) is 1.71. The van der Waals surface area contributed by atoms with Crippen LogP contribution < -0.4 is 30.5 Å². The third kappa shape index (κ3) is 3.01. The molecule has 10 heteroatoms. The fourth-order valence-electron chi connectivity index (χ4n) is 5.07. The Morgan fingerprint density at radius 3 is 2.97 bits per heavy atom. The maximum atomic E-state index is 15.4. The molecule has 9 nitrogen and oxygen atoms in total. The van der Waals surface area contributed by atoms with Crippen LogP contribution in [0.15, 0.2) is 29.2 Å². The fourth-order valence-corrected chi connectivity index (χ4v) is 5.07. The maximum absolute atomic E-state index is 15.4. The Morgan fingerprint density at radius 1 is 1.42 bits per heavy atom. The van der Waals surface area contributed by atoms with Crippen molar-refractivity contribution < 1.29 is 23.8 Å². The summed E-state index contributed by atoms with van der Waals surface area (Å²) in [4.78, 5) is 25.8. The number of pyridine rings is 1. The molecule has 0 bridgehead atoms. The molecule has 1 aliphatic carbocycles. The summed E-state index contributed by atoms with van der Waals surface area (Å²) in [5.74, 6) is 0.256. The van der Waals surface area contributed by atoms with Gasteiger partial charge in [-0.25, -0.2) is 9.18 Å². The van der Waals surface area contributed by atoms with Crippen molar-refractivity contribution in [1.82, 2.24) is 4.68 Å². The Morgan fingerprint density at radius 2 is 2.23 bits per heavy atom. The van der Waals surface area contributed by atoms with Gasteiger partial charge in [0.15, 0.2) is 18.3 Å². The number of rotatable bonds is 3. The van der Waals surface area contributed by atoms with Crippen LogP contribution in [0.4, 0.5) is 14.9 Å². The number of ether oxygens (including phenoxy) is 2. The van der Waals surface area contributed by atoms with Crippen LogP contribution in [-0.2, 0) is 0 Å². The number of carbonyl (C=O) groups is 1. The van der Waals surface area contributed by atoms with Gasteiger partial charge in [-0.1, -0.05) is 12.2 Å². The van der Waals surface area contributed by atoms with Crippen molar-refractivity contribution in [2.45, 2.75) is 6.42 Å². The molecule has 3 unspecified atom stereocenters. The van der Waals surface area contributed by atoms with E-state index in [-0.39, 0.29) is 23.8 Å². The molecule has 1 saturated heterocycles. The molecule has 1 fully saturated rings. The van der Waals surface area contributed by atoms with Crippen LogP contribution >= 0.6 is 0 Å². The standard InChI is InChI=1S/C21H23FN4O5/c1-24-10-30-20-17-13(19(27)16(9-26(17)24)31-21(28)29)5-15(22)18(20)25-7-12-4-2-3-11(6-23)14(12)8-25/h2,4-5,9,11-12,14H,3,6-8,10,23H2,1H3,(H,28,29). The van der Waals surface area contributed by atoms with Gasteiger partial charge in [0.25, 0.3) is 0 Å². The number of halogens is 1. The minimum Gasteiger partial charge on any atom is -0.467 e. The topological polar surface area (TPSA) is 110 Å². The lowest BCUT2D eigenvalue weighted by Gasteiger charge is -2.33. The molecule has 3 heterocycles. The van der Waals surface area contributed by atoms with Gasteiger partial charge in [-0.3, -0.25) is 14.5 Å².